The minimum atomic E-state index is -0.448. The maximum absolute atomic E-state index is 11.0. The van der Waals surface area contributed by atoms with E-state index >= 15 is 0 Å². The summed E-state index contributed by atoms with van der Waals surface area (Å²) in [7, 11) is 0. The van der Waals surface area contributed by atoms with E-state index in [-0.39, 0.29) is 17.6 Å². The predicted octanol–water partition coefficient (Wildman–Crippen LogP) is 2.68. The van der Waals surface area contributed by atoms with E-state index in [1.165, 1.54) is 12.1 Å². The number of hydrogen-bond donors (Lipinski definition) is 1. The molecule has 1 aromatic carbocycles. The van der Waals surface area contributed by atoms with Gasteiger partial charge in [0.15, 0.2) is 0 Å². The normalized spacial score (nSPS) is 18.9. The van der Waals surface area contributed by atoms with Gasteiger partial charge in [-0.2, -0.15) is 0 Å². The summed E-state index contributed by atoms with van der Waals surface area (Å²) < 4.78 is 5.81. The van der Waals surface area contributed by atoms with Crippen LogP contribution >= 0.6 is 0 Å². The standard InChI is InChI=1S/C18H23N5O4/c1-12(22-10-2-3-13(11-22)4-9-16(19)24)17-20-21-18(27-17)14-5-7-15(8-6-14)23(25)26/h5-8,12-13H,2-4,9-11H2,1H3,(H2,19,24). The van der Waals surface area contributed by atoms with Gasteiger partial charge in [-0.05, 0) is 50.8 Å². The monoisotopic (exact) mass is 373 g/mol. The zero-order valence-corrected chi connectivity index (χ0v) is 15.2. The molecule has 1 aliphatic heterocycles. The Bertz CT molecular complexity index is 804. The number of likely N-dealkylation sites (tertiary alicyclic amines) is 1. The SMILES string of the molecule is CC(c1nnc(-c2ccc([N+](=O)[O-])cc2)o1)N1CCCC(CCC(N)=O)C1. The van der Waals surface area contributed by atoms with Crippen molar-refractivity contribution in [3.8, 4) is 11.5 Å². The van der Waals surface area contributed by atoms with Crippen LogP contribution in [-0.4, -0.2) is 39.0 Å². The highest BCUT2D eigenvalue weighted by molar-refractivity contribution is 5.73. The van der Waals surface area contributed by atoms with Crippen LogP contribution in [0.4, 0.5) is 5.69 Å². The quantitative estimate of drug-likeness (QED) is 0.583. The number of nitro groups is 1. The smallest absolute Gasteiger partial charge is 0.269 e. The summed E-state index contributed by atoms with van der Waals surface area (Å²) in [6, 6.07) is 5.98. The minimum Gasteiger partial charge on any atom is -0.419 e. The second-order valence-corrected chi connectivity index (χ2v) is 6.93. The van der Waals surface area contributed by atoms with Gasteiger partial charge in [0, 0.05) is 30.7 Å². The Labute approximate surface area is 156 Å². The highest BCUT2D eigenvalue weighted by Crippen LogP contribution is 2.30. The van der Waals surface area contributed by atoms with E-state index in [1.54, 1.807) is 12.1 Å². The van der Waals surface area contributed by atoms with Crippen molar-refractivity contribution in [3.63, 3.8) is 0 Å². The first-order chi connectivity index (χ1) is 12.9. The van der Waals surface area contributed by atoms with Gasteiger partial charge in [0.1, 0.15) is 0 Å². The molecule has 144 valence electrons. The van der Waals surface area contributed by atoms with Crippen molar-refractivity contribution >= 4 is 11.6 Å². The summed E-state index contributed by atoms with van der Waals surface area (Å²) in [5.41, 5.74) is 5.91. The largest absolute Gasteiger partial charge is 0.419 e. The van der Waals surface area contributed by atoms with E-state index in [4.69, 9.17) is 10.2 Å². The van der Waals surface area contributed by atoms with Crippen LogP contribution in [0.1, 0.15) is 44.5 Å². The number of primary amides is 1. The highest BCUT2D eigenvalue weighted by Gasteiger charge is 2.27. The molecule has 9 nitrogen and oxygen atoms in total. The second-order valence-electron chi connectivity index (χ2n) is 6.93. The van der Waals surface area contributed by atoms with Gasteiger partial charge in [0.05, 0.1) is 11.0 Å². The first kappa shape index (κ1) is 19.0. The lowest BCUT2D eigenvalue weighted by Gasteiger charge is -2.35. The van der Waals surface area contributed by atoms with Crippen molar-refractivity contribution in [1.82, 2.24) is 15.1 Å². The Hall–Kier alpha value is -2.81. The molecule has 27 heavy (non-hydrogen) atoms. The number of nitro benzene ring substituents is 1. The summed E-state index contributed by atoms with van der Waals surface area (Å²) in [6.07, 6.45) is 3.36. The van der Waals surface area contributed by atoms with Crippen molar-refractivity contribution in [2.45, 2.75) is 38.6 Å². The number of aromatic nitrogens is 2. The van der Waals surface area contributed by atoms with Gasteiger partial charge >= 0.3 is 0 Å². The topological polar surface area (TPSA) is 128 Å². The van der Waals surface area contributed by atoms with Gasteiger partial charge in [0.2, 0.25) is 17.7 Å². The number of nitrogens with two attached hydrogens (primary N) is 1. The van der Waals surface area contributed by atoms with Crippen LogP contribution in [0.25, 0.3) is 11.5 Å². The molecule has 1 saturated heterocycles. The van der Waals surface area contributed by atoms with Gasteiger partial charge in [-0.15, -0.1) is 10.2 Å². The van der Waals surface area contributed by atoms with E-state index in [1.807, 2.05) is 6.92 Å². The fourth-order valence-electron chi connectivity index (χ4n) is 3.43. The molecule has 2 heterocycles. The first-order valence-electron chi connectivity index (χ1n) is 9.04. The number of non-ortho nitro benzene ring substituents is 1. The van der Waals surface area contributed by atoms with E-state index in [0.29, 0.717) is 29.7 Å². The summed E-state index contributed by atoms with van der Waals surface area (Å²) in [6.45, 7) is 3.82. The van der Waals surface area contributed by atoms with Gasteiger partial charge in [-0.25, -0.2) is 0 Å². The lowest BCUT2D eigenvalue weighted by atomic mass is 9.92. The molecule has 1 amide bonds. The number of benzene rings is 1. The average molecular weight is 373 g/mol. The van der Waals surface area contributed by atoms with Gasteiger partial charge in [-0.3, -0.25) is 19.8 Å². The van der Waals surface area contributed by atoms with Gasteiger partial charge in [0.25, 0.3) is 5.69 Å². The van der Waals surface area contributed by atoms with Crippen molar-refractivity contribution in [3.05, 3.63) is 40.3 Å². The molecule has 0 saturated carbocycles. The lowest BCUT2D eigenvalue weighted by Crippen LogP contribution is -2.37. The van der Waals surface area contributed by atoms with E-state index in [2.05, 4.69) is 15.1 Å². The van der Waals surface area contributed by atoms with Crippen molar-refractivity contribution < 1.29 is 14.1 Å². The number of piperidine rings is 1. The van der Waals surface area contributed by atoms with Gasteiger partial charge < -0.3 is 10.2 Å². The number of hydrogen-bond acceptors (Lipinski definition) is 7. The van der Waals surface area contributed by atoms with Crippen molar-refractivity contribution in [2.24, 2.45) is 11.7 Å². The maximum Gasteiger partial charge on any atom is 0.269 e. The van der Waals surface area contributed by atoms with Crippen LogP contribution in [0.5, 0.6) is 0 Å². The summed E-state index contributed by atoms with van der Waals surface area (Å²) in [5, 5.41) is 19.0. The van der Waals surface area contributed by atoms with E-state index in [0.717, 1.165) is 32.4 Å². The molecular weight excluding hydrogens is 350 g/mol. The Morgan fingerprint density at radius 3 is 2.81 bits per heavy atom. The van der Waals surface area contributed by atoms with Gasteiger partial charge in [-0.1, -0.05) is 0 Å². The summed E-state index contributed by atoms with van der Waals surface area (Å²) in [4.78, 5) is 23.6. The van der Waals surface area contributed by atoms with Crippen LogP contribution in [0.2, 0.25) is 0 Å². The third-order valence-electron chi connectivity index (χ3n) is 5.02. The molecule has 9 heteroatoms. The maximum atomic E-state index is 11.0. The molecule has 0 spiro atoms. The predicted molar refractivity (Wildman–Crippen MR) is 97.5 cm³/mol. The zero-order chi connectivity index (χ0) is 19.4. The number of nitrogens with zero attached hydrogens (tertiary/aromatic N) is 4. The fourth-order valence-corrected chi connectivity index (χ4v) is 3.43. The summed E-state index contributed by atoms with van der Waals surface area (Å²) in [5.74, 6) is 1.03. The lowest BCUT2D eigenvalue weighted by molar-refractivity contribution is -0.384. The Morgan fingerprint density at radius 2 is 2.15 bits per heavy atom. The molecule has 3 rings (SSSR count). The van der Waals surface area contributed by atoms with Crippen molar-refractivity contribution in [1.29, 1.82) is 0 Å². The first-order valence-corrected chi connectivity index (χ1v) is 9.04. The number of carbonyl (C=O) groups is 1. The molecule has 2 unspecified atom stereocenters. The minimum absolute atomic E-state index is 0.0159. The molecule has 2 aromatic rings. The molecule has 1 aromatic heterocycles. The Balaban J connectivity index is 1.66. The number of carbonyl (C=O) groups excluding carboxylic acids is 1. The highest BCUT2D eigenvalue weighted by atomic mass is 16.6. The molecule has 1 fully saturated rings. The average Bonchev–Trinajstić information content (AvgIpc) is 3.16. The molecule has 0 aliphatic carbocycles. The molecule has 0 bridgehead atoms. The molecular formula is C18H23N5O4. The molecule has 1 aliphatic rings. The fraction of sp³-hybridized carbons (Fsp3) is 0.500. The van der Waals surface area contributed by atoms with Crippen LogP contribution in [0.3, 0.4) is 0 Å². The second kappa shape index (κ2) is 8.26. The number of rotatable bonds is 7. The Morgan fingerprint density at radius 1 is 1.41 bits per heavy atom. The molecule has 0 radical (unpaired) electrons. The molecule has 2 N–H and O–H groups in total. The van der Waals surface area contributed by atoms with E-state index in [9.17, 15) is 14.9 Å². The Kier molecular flexibility index (Phi) is 5.80. The number of amides is 1. The molecule has 2 atom stereocenters. The van der Waals surface area contributed by atoms with Crippen LogP contribution < -0.4 is 5.73 Å². The summed E-state index contributed by atoms with van der Waals surface area (Å²) >= 11 is 0. The van der Waals surface area contributed by atoms with Crippen molar-refractivity contribution in [2.75, 3.05) is 13.1 Å². The van der Waals surface area contributed by atoms with Crippen LogP contribution in [0, 0.1) is 16.0 Å². The third kappa shape index (κ3) is 4.68. The van der Waals surface area contributed by atoms with Crippen LogP contribution in [0.15, 0.2) is 28.7 Å². The van der Waals surface area contributed by atoms with Crippen LogP contribution in [-0.2, 0) is 4.79 Å². The third-order valence-corrected chi connectivity index (χ3v) is 5.02. The zero-order valence-electron chi connectivity index (χ0n) is 15.2. The van der Waals surface area contributed by atoms with E-state index < -0.39 is 4.92 Å².